The summed E-state index contributed by atoms with van der Waals surface area (Å²) in [6.07, 6.45) is -0.971. The molecule has 2 heterocycles. The molecule has 12 heteroatoms. The molecule has 0 radical (unpaired) electrons. The van der Waals surface area contributed by atoms with Crippen LogP contribution in [0.2, 0.25) is 0 Å². The van der Waals surface area contributed by atoms with Crippen LogP contribution in [0.1, 0.15) is 37.4 Å². The zero-order valence-electron chi connectivity index (χ0n) is 12.8. The minimum Gasteiger partial charge on any atom is -0.480 e. The van der Waals surface area contributed by atoms with E-state index < -0.39 is 18.1 Å². The summed E-state index contributed by atoms with van der Waals surface area (Å²) in [7, 11) is 0. The lowest BCUT2D eigenvalue weighted by molar-refractivity contribution is -0.192. The van der Waals surface area contributed by atoms with Crippen LogP contribution >= 0.6 is 11.8 Å². The molecule has 1 aromatic heterocycles. The van der Waals surface area contributed by atoms with Crippen LogP contribution in [-0.4, -0.2) is 55.5 Å². The first-order valence-corrected chi connectivity index (χ1v) is 8.46. The van der Waals surface area contributed by atoms with Crippen LogP contribution < -0.4 is 5.32 Å². The van der Waals surface area contributed by atoms with Crippen molar-refractivity contribution in [2.24, 2.45) is 0 Å². The Morgan fingerprint density at radius 3 is 2.36 bits per heavy atom. The molecule has 8 nitrogen and oxygen atoms in total. The first-order valence-electron chi connectivity index (χ1n) is 7.41. The zero-order valence-corrected chi connectivity index (χ0v) is 13.6. The fourth-order valence-corrected chi connectivity index (χ4v) is 3.39. The third-order valence-corrected chi connectivity index (χ3v) is 5.15. The van der Waals surface area contributed by atoms with Crippen molar-refractivity contribution in [3.05, 3.63) is 5.82 Å². The van der Waals surface area contributed by atoms with Crippen molar-refractivity contribution in [1.29, 1.82) is 0 Å². The van der Waals surface area contributed by atoms with Gasteiger partial charge in [0, 0.05) is 17.7 Å². The molecule has 2 fully saturated rings. The lowest BCUT2D eigenvalue weighted by atomic mass is 9.85. The van der Waals surface area contributed by atoms with Gasteiger partial charge >= 0.3 is 24.1 Å². The molecule has 0 bridgehead atoms. The van der Waals surface area contributed by atoms with E-state index >= 15 is 0 Å². The Bertz CT molecular complexity index is 620. The van der Waals surface area contributed by atoms with Gasteiger partial charge in [-0.3, -0.25) is 4.79 Å². The summed E-state index contributed by atoms with van der Waals surface area (Å²) in [5, 5.41) is 22.8. The molecule has 1 aliphatic heterocycles. The topological polar surface area (TPSA) is 126 Å². The van der Waals surface area contributed by atoms with Crippen LogP contribution in [0.5, 0.6) is 0 Å². The predicted molar refractivity (Wildman–Crippen MR) is 80.5 cm³/mol. The van der Waals surface area contributed by atoms with Gasteiger partial charge in [0.25, 0.3) is 0 Å². The fourth-order valence-electron chi connectivity index (χ4n) is 2.20. The van der Waals surface area contributed by atoms with Crippen molar-refractivity contribution < 1.29 is 37.5 Å². The Hall–Kier alpha value is -1.98. The number of hydrogen-bond acceptors (Lipinski definition) is 7. The highest BCUT2D eigenvalue weighted by molar-refractivity contribution is 8.00. The number of nitrogens with one attached hydrogen (secondary N) is 1. The highest BCUT2D eigenvalue weighted by atomic mass is 32.2. The van der Waals surface area contributed by atoms with Gasteiger partial charge in [0.15, 0.2) is 5.82 Å². The molecule has 2 atom stereocenters. The maximum absolute atomic E-state index is 10.8. The molecule has 0 aromatic carbocycles. The maximum Gasteiger partial charge on any atom is 0.490 e. The predicted octanol–water partition coefficient (Wildman–Crippen LogP) is 2.34. The van der Waals surface area contributed by atoms with Gasteiger partial charge in [0.1, 0.15) is 5.25 Å². The van der Waals surface area contributed by atoms with Crippen molar-refractivity contribution >= 4 is 29.7 Å². The summed E-state index contributed by atoms with van der Waals surface area (Å²) in [6, 6.07) is 0.527. The van der Waals surface area contributed by atoms with Gasteiger partial charge in [-0.2, -0.15) is 18.2 Å². The van der Waals surface area contributed by atoms with Crippen molar-refractivity contribution in [1.82, 2.24) is 10.1 Å². The van der Waals surface area contributed by atoms with E-state index in [9.17, 15) is 18.0 Å². The van der Waals surface area contributed by atoms with Crippen molar-refractivity contribution in [3.63, 3.8) is 0 Å². The molecule has 2 aliphatic rings. The van der Waals surface area contributed by atoms with Gasteiger partial charge in [-0.1, -0.05) is 11.6 Å². The summed E-state index contributed by atoms with van der Waals surface area (Å²) in [6.45, 7) is 0. The van der Waals surface area contributed by atoms with Crippen LogP contribution in [0.15, 0.2) is 4.52 Å². The molecule has 0 unspecified atom stereocenters. The van der Waals surface area contributed by atoms with Gasteiger partial charge < -0.3 is 20.1 Å². The Labute approximate surface area is 144 Å². The van der Waals surface area contributed by atoms with Gasteiger partial charge in [-0.05, 0) is 19.3 Å². The summed E-state index contributed by atoms with van der Waals surface area (Å²) in [5.41, 5.74) is 0. The van der Waals surface area contributed by atoms with Gasteiger partial charge in [0.05, 0.1) is 0 Å². The normalized spacial score (nSPS) is 23.3. The molecular weight excluding hydrogens is 367 g/mol. The number of anilines is 1. The number of aromatic nitrogens is 2. The lowest BCUT2D eigenvalue weighted by Crippen LogP contribution is -2.22. The summed E-state index contributed by atoms with van der Waals surface area (Å²) in [4.78, 5) is 24.1. The Morgan fingerprint density at radius 1 is 1.28 bits per heavy atom. The summed E-state index contributed by atoms with van der Waals surface area (Å²) in [5.74, 6) is -1.51. The van der Waals surface area contributed by atoms with Crippen LogP contribution in [0, 0.1) is 0 Å². The monoisotopic (exact) mass is 383 g/mol. The molecule has 1 saturated heterocycles. The average molecular weight is 383 g/mol. The fraction of sp³-hybridized carbons (Fsp3) is 0.692. The van der Waals surface area contributed by atoms with E-state index in [0.717, 1.165) is 24.4 Å². The SMILES string of the molecule is O=C(O)C(F)(F)F.O=C(O)[C@@H]1C[C@H](Nc2nc(C3CCC3)no2)CS1. The number of carboxylic acid groups (broad SMARTS) is 2. The van der Waals surface area contributed by atoms with E-state index in [0.29, 0.717) is 18.4 Å². The highest BCUT2D eigenvalue weighted by Crippen LogP contribution is 2.35. The largest absolute Gasteiger partial charge is 0.490 e. The number of thioether (sulfide) groups is 1. The molecule has 25 heavy (non-hydrogen) atoms. The minimum atomic E-state index is -5.08. The Kier molecular flexibility index (Phi) is 6.14. The van der Waals surface area contributed by atoms with Crippen molar-refractivity contribution in [3.8, 4) is 0 Å². The maximum atomic E-state index is 10.8. The van der Waals surface area contributed by atoms with Crippen LogP contribution in [0.3, 0.4) is 0 Å². The van der Waals surface area contributed by atoms with E-state index in [2.05, 4.69) is 15.5 Å². The second kappa shape index (κ2) is 7.93. The first kappa shape index (κ1) is 19.3. The first-order chi connectivity index (χ1) is 11.7. The molecule has 140 valence electrons. The van der Waals surface area contributed by atoms with Gasteiger partial charge in [-0.15, -0.1) is 11.8 Å². The quantitative estimate of drug-likeness (QED) is 0.718. The number of halogens is 3. The molecule has 1 saturated carbocycles. The molecule has 0 amide bonds. The zero-order chi connectivity index (χ0) is 18.6. The average Bonchev–Trinajstić information content (AvgIpc) is 3.07. The summed E-state index contributed by atoms with van der Waals surface area (Å²) < 4.78 is 36.9. The third kappa shape index (κ3) is 5.51. The second-order valence-corrected chi connectivity index (χ2v) is 6.86. The van der Waals surface area contributed by atoms with Crippen molar-refractivity contribution in [2.75, 3.05) is 11.1 Å². The lowest BCUT2D eigenvalue weighted by Gasteiger charge is -2.20. The summed E-state index contributed by atoms with van der Waals surface area (Å²) >= 11 is 1.45. The van der Waals surface area contributed by atoms with E-state index in [4.69, 9.17) is 19.5 Å². The Balaban J connectivity index is 0.000000277. The number of aliphatic carboxylic acids is 2. The number of carboxylic acids is 2. The third-order valence-electron chi connectivity index (χ3n) is 3.75. The smallest absolute Gasteiger partial charge is 0.480 e. The molecule has 1 aromatic rings. The second-order valence-electron chi connectivity index (χ2n) is 5.63. The number of carbonyl (C=O) groups is 2. The van der Waals surface area contributed by atoms with Gasteiger partial charge in [-0.25, -0.2) is 4.79 Å². The van der Waals surface area contributed by atoms with Crippen LogP contribution in [0.4, 0.5) is 19.2 Å². The van der Waals surface area contributed by atoms with E-state index in [1.165, 1.54) is 18.2 Å². The van der Waals surface area contributed by atoms with Gasteiger partial charge in [0.2, 0.25) is 0 Å². The number of hydrogen-bond donors (Lipinski definition) is 3. The standard InChI is InChI=1S/C11H15N3O3S.C2HF3O2/c15-10(16)8-4-7(5-18-8)12-11-13-9(14-17-11)6-2-1-3-6;3-2(4,5)1(6)7/h6-8H,1-5H2,(H,15,16)(H,12,13,14);(H,6,7)/t7-,8-;/m0./s1. The molecule has 3 N–H and O–H groups in total. The van der Waals surface area contributed by atoms with E-state index in [1.807, 2.05) is 0 Å². The van der Waals surface area contributed by atoms with Crippen LogP contribution in [-0.2, 0) is 9.59 Å². The van der Waals surface area contributed by atoms with Crippen LogP contribution in [0.25, 0.3) is 0 Å². The molecular formula is C13H16F3N3O5S. The number of rotatable bonds is 4. The Morgan fingerprint density at radius 2 is 1.92 bits per heavy atom. The van der Waals surface area contributed by atoms with E-state index in [-0.39, 0.29) is 11.3 Å². The number of alkyl halides is 3. The molecule has 0 spiro atoms. The van der Waals surface area contributed by atoms with E-state index in [1.54, 1.807) is 0 Å². The molecule has 1 aliphatic carbocycles. The van der Waals surface area contributed by atoms with Crippen molar-refractivity contribution in [2.45, 2.75) is 49.1 Å². The minimum absolute atomic E-state index is 0.103. The highest BCUT2D eigenvalue weighted by Gasteiger charge is 2.38. The molecule has 3 rings (SSSR count). The number of nitrogens with zero attached hydrogens (tertiary/aromatic N) is 2.